The molecule has 1 aliphatic heterocycles. The molecule has 4 heteroatoms. The normalized spacial score (nSPS) is 17.0. The Hall–Kier alpha value is -1.70. The molecule has 2 aliphatic rings. The average Bonchev–Trinajstić information content (AvgIpc) is 3.47. The van der Waals surface area contributed by atoms with Crippen molar-refractivity contribution in [1.29, 1.82) is 0 Å². The molecule has 0 N–H and O–H groups in total. The molecule has 0 spiro atoms. The van der Waals surface area contributed by atoms with Crippen molar-refractivity contribution in [1.82, 2.24) is 0 Å². The number of rotatable bonds is 3. The third-order valence-corrected chi connectivity index (χ3v) is 24.3. The van der Waals surface area contributed by atoms with Crippen molar-refractivity contribution >= 4 is 46.3 Å². The monoisotopic (exact) mass is 714 g/mol. The molecule has 0 saturated heterocycles. The van der Waals surface area contributed by atoms with Crippen LogP contribution in [0.1, 0.15) is 101 Å². The summed E-state index contributed by atoms with van der Waals surface area (Å²) in [5.41, 5.74) is 13.5. The Morgan fingerprint density at radius 3 is 1.91 bits per heavy atom. The summed E-state index contributed by atoms with van der Waals surface area (Å²) < 4.78 is 1.37. The van der Waals surface area contributed by atoms with E-state index in [1.165, 1.54) is 69.3 Å². The van der Waals surface area contributed by atoms with Crippen LogP contribution in [-0.4, -0.2) is 9.52 Å². The molecule has 0 amide bonds. The predicted molar refractivity (Wildman–Crippen MR) is 195 cm³/mol. The summed E-state index contributed by atoms with van der Waals surface area (Å²) in [4.78, 5) is 0. The Balaban J connectivity index is 1.57. The zero-order valence-electron chi connectivity index (χ0n) is 28.0. The second-order valence-electron chi connectivity index (χ2n) is 16.2. The fourth-order valence-corrected chi connectivity index (χ4v) is 24.4. The van der Waals surface area contributed by atoms with E-state index in [-0.39, 0.29) is 19.9 Å². The zero-order chi connectivity index (χ0) is 32.0. The van der Waals surface area contributed by atoms with Crippen LogP contribution in [0.4, 0.5) is 0 Å². The van der Waals surface area contributed by atoms with Crippen molar-refractivity contribution in [3.05, 3.63) is 106 Å². The van der Waals surface area contributed by atoms with Crippen LogP contribution in [0.3, 0.4) is 0 Å². The molecule has 1 aliphatic carbocycles. The van der Waals surface area contributed by atoms with Gasteiger partial charge in [-0.3, -0.25) is 0 Å². The molecule has 6 rings (SSSR count). The molecule has 0 nitrogen and oxygen atoms in total. The van der Waals surface area contributed by atoms with E-state index >= 15 is 0 Å². The Morgan fingerprint density at radius 2 is 1.30 bits per heavy atom. The summed E-state index contributed by atoms with van der Waals surface area (Å²) in [7, 11) is 15.1. The Kier molecular flexibility index (Phi) is 8.02. The molecule has 0 saturated carbocycles. The van der Waals surface area contributed by atoms with Crippen LogP contribution in [0, 0.1) is 0 Å². The third-order valence-electron chi connectivity index (χ3n) is 9.75. The fourth-order valence-electron chi connectivity index (χ4n) is 7.28. The third kappa shape index (κ3) is 5.51. The molecule has 0 radical (unpaired) electrons. The van der Waals surface area contributed by atoms with Gasteiger partial charge in [0, 0.05) is 0 Å². The SMILES string of the molecule is CC1=Cc2c(ccc(C(C)(C)C)c2-c2cc(C(C)(C)C)cc(C(C)(C)C)c2)[CH]1[Zr]([Cl])([Cl])[c]1cccc2c1[SiH2]c1ccccc1-2. The van der Waals surface area contributed by atoms with E-state index in [0.717, 1.165) is 0 Å². The molecular formula is C40H46Cl2SiZr. The predicted octanol–water partition coefficient (Wildman–Crippen LogP) is 9.59. The first-order valence-corrected chi connectivity index (χ1v) is 26.4. The number of allylic oxidation sites excluding steroid dienone is 1. The zero-order valence-corrected chi connectivity index (χ0v) is 33.4. The molecule has 44 heavy (non-hydrogen) atoms. The van der Waals surface area contributed by atoms with Crippen molar-refractivity contribution in [2.75, 3.05) is 0 Å². The fraction of sp³-hybridized carbons (Fsp3) is 0.350. The topological polar surface area (TPSA) is 0 Å². The van der Waals surface area contributed by atoms with Gasteiger partial charge in [0.1, 0.15) is 0 Å². The number of halogens is 2. The summed E-state index contributed by atoms with van der Waals surface area (Å²) in [6.45, 7) is 23.2. The van der Waals surface area contributed by atoms with Gasteiger partial charge in [0.25, 0.3) is 0 Å². The van der Waals surface area contributed by atoms with Crippen LogP contribution in [0.2, 0.25) is 0 Å². The van der Waals surface area contributed by atoms with Crippen molar-refractivity contribution in [3.63, 3.8) is 0 Å². The van der Waals surface area contributed by atoms with Crippen molar-refractivity contribution in [3.8, 4) is 22.3 Å². The number of fused-ring (bicyclic) bond motifs is 4. The summed E-state index contributed by atoms with van der Waals surface area (Å²) in [6, 6.07) is 27.7. The van der Waals surface area contributed by atoms with Crippen LogP contribution < -0.4 is 13.6 Å². The van der Waals surface area contributed by atoms with Crippen molar-refractivity contribution in [2.45, 2.75) is 89.1 Å². The average molecular weight is 717 g/mol. The maximum atomic E-state index is 7.87. The summed E-state index contributed by atoms with van der Waals surface area (Å²) in [5.74, 6) is 0. The molecule has 1 unspecified atom stereocenters. The maximum absolute atomic E-state index is 7.87. The van der Waals surface area contributed by atoms with E-state index in [9.17, 15) is 0 Å². The number of hydrogen-bond acceptors (Lipinski definition) is 0. The van der Waals surface area contributed by atoms with Gasteiger partial charge in [0.15, 0.2) is 0 Å². The van der Waals surface area contributed by atoms with Gasteiger partial charge < -0.3 is 0 Å². The van der Waals surface area contributed by atoms with Crippen LogP contribution in [-0.2, 0) is 34.1 Å². The van der Waals surface area contributed by atoms with Crippen LogP contribution >= 0.6 is 17.0 Å². The second kappa shape index (κ2) is 10.9. The van der Waals surface area contributed by atoms with Gasteiger partial charge >= 0.3 is 282 Å². The number of benzene rings is 4. The molecule has 1 heterocycles. The molecule has 4 aromatic rings. The second-order valence-corrected chi connectivity index (χ2v) is 32.0. The van der Waals surface area contributed by atoms with E-state index in [4.69, 9.17) is 17.0 Å². The summed E-state index contributed by atoms with van der Waals surface area (Å²) in [6.07, 6.45) is 2.43. The molecule has 4 aromatic carbocycles. The van der Waals surface area contributed by atoms with E-state index in [2.05, 4.69) is 148 Å². The van der Waals surface area contributed by atoms with Gasteiger partial charge in [-0.1, -0.05) is 0 Å². The summed E-state index contributed by atoms with van der Waals surface area (Å²) >= 11 is -4.00. The van der Waals surface area contributed by atoms with Gasteiger partial charge in [-0.15, -0.1) is 0 Å². The van der Waals surface area contributed by atoms with E-state index in [0.29, 0.717) is 0 Å². The van der Waals surface area contributed by atoms with E-state index in [1.54, 1.807) is 0 Å². The quantitative estimate of drug-likeness (QED) is 0.163. The van der Waals surface area contributed by atoms with Gasteiger partial charge in [-0.25, -0.2) is 0 Å². The Labute approximate surface area is 279 Å². The molecule has 0 aromatic heterocycles. The van der Waals surface area contributed by atoms with Gasteiger partial charge in [-0.2, -0.15) is 0 Å². The number of hydrogen-bond donors (Lipinski definition) is 0. The van der Waals surface area contributed by atoms with Crippen LogP contribution in [0.5, 0.6) is 0 Å². The first-order chi connectivity index (χ1) is 20.4. The first kappa shape index (κ1) is 32.2. The first-order valence-electron chi connectivity index (χ1n) is 16.0. The molecule has 0 fully saturated rings. The minimum absolute atomic E-state index is 0.0241. The van der Waals surface area contributed by atoms with Crippen LogP contribution in [0.15, 0.2) is 78.4 Å². The van der Waals surface area contributed by atoms with E-state index in [1.807, 2.05) is 0 Å². The molecular weight excluding hydrogens is 671 g/mol. The Morgan fingerprint density at radius 1 is 0.682 bits per heavy atom. The summed E-state index contributed by atoms with van der Waals surface area (Å²) in [5, 5.41) is 2.99. The van der Waals surface area contributed by atoms with Crippen molar-refractivity contribution < 1.29 is 17.9 Å². The molecule has 0 bridgehead atoms. The van der Waals surface area contributed by atoms with Crippen molar-refractivity contribution in [2.24, 2.45) is 0 Å². The minimum atomic E-state index is -4.00. The standard InChI is InChI=1S/C28H37.C12H9Si.2ClH.Zr/c1-18-13-19-11-12-24(28(8,9)10)25(23(19)14-18)20-15-21(26(2,3)4)17-22(16-20)27(5,6)7;1-3-7-11-9(5-1)10-6-2-4-8-12(10)13-11;;;/h11-17H,1-10H3;1-7H,13H2;2*1H;/q;;;;+2/p-2. The molecule has 228 valence electrons. The van der Waals surface area contributed by atoms with Gasteiger partial charge in [0.2, 0.25) is 0 Å². The van der Waals surface area contributed by atoms with Gasteiger partial charge in [-0.05, 0) is 0 Å². The molecule has 1 atom stereocenters. The van der Waals surface area contributed by atoms with E-state index < -0.39 is 27.4 Å². The Bertz CT molecular complexity index is 1790. The van der Waals surface area contributed by atoms with Gasteiger partial charge in [0.05, 0.1) is 0 Å². The van der Waals surface area contributed by atoms with Crippen LogP contribution in [0.25, 0.3) is 28.3 Å².